The first-order valence-corrected chi connectivity index (χ1v) is 11.1. The summed E-state index contributed by atoms with van der Waals surface area (Å²) >= 11 is 0. The molecule has 0 spiro atoms. The van der Waals surface area contributed by atoms with E-state index in [1.165, 1.54) is 38.5 Å². The largest absolute Gasteiger partial charge is 0.481 e. The van der Waals surface area contributed by atoms with Crippen molar-refractivity contribution in [2.24, 2.45) is 11.8 Å². The third-order valence-electron chi connectivity index (χ3n) is 5.39. The standard InChI is InChI=1S/C25H40O2/c1-2-3-4-5-6-7-8-9-10-11-12-13-14-15-16-17-22-24(25(26)27)23-20-18-19-21-23/h6-7,9-10,12-13,15-16,23-24H,2-5,8,11,14,17-22H2,1H3,(H,26,27)/b7-6-,10-9-,13-12-,16-15-. The van der Waals surface area contributed by atoms with Crippen molar-refractivity contribution in [2.45, 2.75) is 90.4 Å². The molecular formula is C25H40O2. The SMILES string of the molecule is CCCCC/C=C\C/C=C\C/C=C\C/C=C\CCC(C(=O)O)C1CCCC1. The van der Waals surface area contributed by atoms with Gasteiger partial charge in [-0.15, -0.1) is 0 Å². The van der Waals surface area contributed by atoms with E-state index in [1.807, 2.05) is 0 Å². The molecule has 1 aliphatic carbocycles. The summed E-state index contributed by atoms with van der Waals surface area (Å²) in [5.74, 6) is -0.329. The second-order valence-corrected chi connectivity index (χ2v) is 7.66. The van der Waals surface area contributed by atoms with Crippen LogP contribution in [-0.2, 0) is 4.79 Å². The van der Waals surface area contributed by atoms with Crippen LogP contribution < -0.4 is 0 Å². The van der Waals surface area contributed by atoms with E-state index in [4.69, 9.17) is 0 Å². The van der Waals surface area contributed by atoms with Gasteiger partial charge in [0.05, 0.1) is 5.92 Å². The van der Waals surface area contributed by atoms with Gasteiger partial charge in [0, 0.05) is 0 Å². The van der Waals surface area contributed by atoms with Crippen LogP contribution in [0, 0.1) is 11.8 Å². The predicted octanol–water partition coefficient (Wildman–Crippen LogP) is 7.63. The number of rotatable bonds is 15. The lowest BCUT2D eigenvalue weighted by molar-refractivity contribution is -0.143. The third-order valence-corrected chi connectivity index (χ3v) is 5.39. The topological polar surface area (TPSA) is 37.3 Å². The molecule has 0 amide bonds. The molecule has 2 heteroatoms. The molecule has 1 N–H and O–H groups in total. The number of carboxylic acids is 1. The highest BCUT2D eigenvalue weighted by Crippen LogP contribution is 2.33. The normalized spacial score (nSPS) is 17.2. The van der Waals surface area contributed by atoms with Gasteiger partial charge >= 0.3 is 5.97 Å². The second-order valence-electron chi connectivity index (χ2n) is 7.66. The van der Waals surface area contributed by atoms with E-state index in [2.05, 4.69) is 55.5 Å². The molecule has 1 fully saturated rings. The highest BCUT2D eigenvalue weighted by Gasteiger charge is 2.29. The second kappa shape index (κ2) is 16.6. The molecule has 0 aliphatic heterocycles. The van der Waals surface area contributed by atoms with Crippen molar-refractivity contribution in [3.05, 3.63) is 48.6 Å². The highest BCUT2D eigenvalue weighted by atomic mass is 16.4. The molecule has 1 saturated carbocycles. The maximum Gasteiger partial charge on any atom is 0.306 e. The third kappa shape index (κ3) is 12.4. The number of hydrogen-bond donors (Lipinski definition) is 1. The predicted molar refractivity (Wildman–Crippen MR) is 117 cm³/mol. The Kier molecular flexibility index (Phi) is 14.4. The zero-order valence-corrected chi connectivity index (χ0v) is 17.3. The molecule has 1 rings (SSSR count). The number of allylic oxidation sites excluding steroid dienone is 8. The Balaban J connectivity index is 2.04. The van der Waals surface area contributed by atoms with Gasteiger partial charge in [-0.3, -0.25) is 4.79 Å². The smallest absolute Gasteiger partial charge is 0.306 e. The van der Waals surface area contributed by atoms with Crippen LogP contribution >= 0.6 is 0 Å². The van der Waals surface area contributed by atoms with Crippen molar-refractivity contribution in [3.8, 4) is 0 Å². The first kappa shape index (κ1) is 23.5. The fourth-order valence-electron chi connectivity index (χ4n) is 3.76. The van der Waals surface area contributed by atoms with Crippen LogP contribution in [0.25, 0.3) is 0 Å². The van der Waals surface area contributed by atoms with Crippen LogP contribution in [-0.4, -0.2) is 11.1 Å². The lowest BCUT2D eigenvalue weighted by Gasteiger charge is -2.18. The molecule has 27 heavy (non-hydrogen) atoms. The quantitative estimate of drug-likeness (QED) is 0.237. The number of hydrogen-bond acceptors (Lipinski definition) is 1. The van der Waals surface area contributed by atoms with Gasteiger partial charge in [-0.1, -0.05) is 81.2 Å². The van der Waals surface area contributed by atoms with Crippen LogP contribution in [0.5, 0.6) is 0 Å². The Hall–Kier alpha value is -1.57. The van der Waals surface area contributed by atoms with Crippen molar-refractivity contribution in [1.29, 1.82) is 0 Å². The van der Waals surface area contributed by atoms with Crippen molar-refractivity contribution in [1.82, 2.24) is 0 Å². The summed E-state index contributed by atoms with van der Waals surface area (Å²) in [7, 11) is 0. The summed E-state index contributed by atoms with van der Waals surface area (Å²) in [4.78, 5) is 11.4. The van der Waals surface area contributed by atoms with Crippen LogP contribution in [0.4, 0.5) is 0 Å². The summed E-state index contributed by atoms with van der Waals surface area (Å²) in [6, 6.07) is 0. The number of carbonyl (C=O) groups is 1. The highest BCUT2D eigenvalue weighted by molar-refractivity contribution is 5.70. The van der Waals surface area contributed by atoms with Gasteiger partial charge in [0.2, 0.25) is 0 Å². The number of unbranched alkanes of at least 4 members (excludes halogenated alkanes) is 3. The van der Waals surface area contributed by atoms with Gasteiger partial charge in [0.1, 0.15) is 0 Å². The van der Waals surface area contributed by atoms with Gasteiger partial charge in [0.15, 0.2) is 0 Å². The van der Waals surface area contributed by atoms with E-state index >= 15 is 0 Å². The minimum Gasteiger partial charge on any atom is -0.481 e. The van der Waals surface area contributed by atoms with E-state index in [0.717, 1.165) is 44.9 Å². The van der Waals surface area contributed by atoms with E-state index in [-0.39, 0.29) is 5.92 Å². The molecule has 0 radical (unpaired) electrons. The fraction of sp³-hybridized carbons (Fsp3) is 0.640. The first-order chi connectivity index (χ1) is 13.3. The molecule has 0 aromatic heterocycles. The van der Waals surface area contributed by atoms with Crippen LogP contribution in [0.2, 0.25) is 0 Å². The summed E-state index contributed by atoms with van der Waals surface area (Å²) in [5, 5.41) is 9.41. The van der Waals surface area contributed by atoms with Crippen molar-refractivity contribution in [2.75, 3.05) is 0 Å². The first-order valence-electron chi connectivity index (χ1n) is 11.1. The molecular weight excluding hydrogens is 332 g/mol. The summed E-state index contributed by atoms with van der Waals surface area (Å²) in [6.45, 7) is 2.24. The molecule has 0 heterocycles. The average Bonchev–Trinajstić information content (AvgIpc) is 3.18. The molecule has 1 atom stereocenters. The van der Waals surface area contributed by atoms with Crippen molar-refractivity contribution in [3.63, 3.8) is 0 Å². The molecule has 0 bridgehead atoms. The Morgan fingerprint density at radius 1 is 0.852 bits per heavy atom. The van der Waals surface area contributed by atoms with Gasteiger partial charge in [-0.2, -0.15) is 0 Å². The lowest BCUT2D eigenvalue weighted by atomic mass is 9.87. The zero-order chi connectivity index (χ0) is 19.6. The van der Waals surface area contributed by atoms with Crippen LogP contribution in [0.15, 0.2) is 48.6 Å². The Bertz CT molecular complexity index is 479. The van der Waals surface area contributed by atoms with E-state index in [0.29, 0.717) is 5.92 Å². The Morgan fingerprint density at radius 3 is 1.89 bits per heavy atom. The van der Waals surface area contributed by atoms with E-state index in [1.54, 1.807) is 0 Å². The van der Waals surface area contributed by atoms with Gasteiger partial charge < -0.3 is 5.11 Å². The maximum atomic E-state index is 11.4. The minimum absolute atomic E-state index is 0.140. The van der Waals surface area contributed by atoms with E-state index in [9.17, 15) is 9.90 Å². The number of aliphatic carboxylic acids is 1. The molecule has 0 saturated heterocycles. The van der Waals surface area contributed by atoms with Gasteiger partial charge in [0.25, 0.3) is 0 Å². The van der Waals surface area contributed by atoms with Gasteiger partial charge in [-0.25, -0.2) is 0 Å². The summed E-state index contributed by atoms with van der Waals surface area (Å²) in [5.41, 5.74) is 0. The molecule has 0 aromatic carbocycles. The van der Waals surface area contributed by atoms with Gasteiger partial charge in [-0.05, 0) is 63.7 Å². The van der Waals surface area contributed by atoms with Crippen LogP contribution in [0.1, 0.15) is 90.4 Å². The molecule has 152 valence electrons. The zero-order valence-electron chi connectivity index (χ0n) is 17.3. The Labute approximate surface area is 167 Å². The summed E-state index contributed by atoms with van der Waals surface area (Å²) < 4.78 is 0. The van der Waals surface area contributed by atoms with Crippen molar-refractivity contribution < 1.29 is 9.90 Å². The molecule has 1 aliphatic rings. The van der Waals surface area contributed by atoms with E-state index < -0.39 is 5.97 Å². The monoisotopic (exact) mass is 372 g/mol. The fourth-order valence-corrected chi connectivity index (χ4v) is 3.76. The summed E-state index contributed by atoms with van der Waals surface area (Å²) in [6.07, 6.45) is 32.1. The minimum atomic E-state index is -0.599. The average molecular weight is 373 g/mol. The van der Waals surface area contributed by atoms with Crippen LogP contribution in [0.3, 0.4) is 0 Å². The molecule has 0 aromatic rings. The molecule has 2 nitrogen and oxygen atoms in total. The number of carboxylic acid groups (broad SMARTS) is 1. The Morgan fingerprint density at radius 2 is 1.37 bits per heavy atom. The lowest BCUT2D eigenvalue weighted by Crippen LogP contribution is -2.21. The molecule has 1 unspecified atom stereocenters. The van der Waals surface area contributed by atoms with Crippen molar-refractivity contribution >= 4 is 5.97 Å². The maximum absolute atomic E-state index is 11.4.